The molecule has 3 aromatic heterocycles. The molecule has 6 rings (SSSR count). The Labute approximate surface area is 245 Å². The number of amides is 1. The van der Waals surface area contributed by atoms with Gasteiger partial charge in [0.05, 0.1) is 23.1 Å². The highest BCUT2D eigenvalue weighted by Crippen LogP contribution is 2.45. The summed E-state index contributed by atoms with van der Waals surface area (Å²) in [5.41, 5.74) is 1.36. The summed E-state index contributed by atoms with van der Waals surface area (Å²) >= 11 is 6.89. The van der Waals surface area contributed by atoms with Gasteiger partial charge in [-0.05, 0) is 42.7 Å². The quantitative estimate of drug-likeness (QED) is 0.314. The summed E-state index contributed by atoms with van der Waals surface area (Å²) in [6.07, 6.45) is 2.93. The molecule has 0 bridgehead atoms. The fourth-order valence-corrected chi connectivity index (χ4v) is 5.95. The Kier molecular flexibility index (Phi) is 6.92. The minimum Gasteiger partial charge on any atom is -0.489 e. The number of nitrogens with zero attached hydrogens (tertiary/aromatic N) is 6. The Bertz CT molecular complexity index is 1840. The number of carbonyl (C=O) groups is 1. The number of rotatable bonds is 4. The SMILES string of the molecule is C=CC(=O)N1CCN2c3nc(=O)n(-c4c(C)ccnc4C(C)C)c4nc(-c5ccc(F)cc5F)c(Cl)c(c34)OC[C@H]2C1. The van der Waals surface area contributed by atoms with Crippen molar-refractivity contribution >= 4 is 34.4 Å². The van der Waals surface area contributed by atoms with Gasteiger partial charge in [-0.15, -0.1) is 0 Å². The molecule has 42 heavy (non-hydrogen) atoms. The van der Waals surface area contributed by atoms with Crippen molar-refractivity contribution in [2.75, 3.05) is 31.1 Å². The van der Waals surface area contributed by atoms with Gasteiger partial charge in [0.2, 0.25) is 5.91 Å². The first kappa shape index (κ1) is 27.8. The smallest absolute Gasteiger partial charge is 0.355 e. The van der Waals surface area contributed by atoms with Crippen molar-refractivity contribution in [2.45, 2.75) is 32.7 Å². The predicted molar refractivity (Wildman–Crippen MR) is 156 cm³/mol. The Morgan fingerprint density at radius 3 is 2.71 bits per heavy atom. The largest absolute Gasteiger partial charge is 0.489 e. The van der Waals surface area contributed by atoms with Gasteiger partial charge in [-0.25, -0.2) is 23.1 Å². The summed E-state index contributed by atoms with van der Waals surface area (Å²) < 4.78 is 36.6. The molecule has 1 amide bonds. The van der Waals surface area contributed by atoms with E-state index in [1.165, 1.54) is 16.7 Å². The molecule has 0 radical (unpaired) electrons. The van der Waals surface area contributed by atoms with E-state index in [0.717, 1.165) is 17.7 Å². The zero-order chi connectivity index (χ0) is 29.9. The maximum atomic E-state index is 15.1. The van der Waals surface area contributed by atoms with E-state index in [1.807, 2.05) is 25.7 Å². The third-order valence-corrected chi connectivity index (χ3v) is 8.03. The van der Waals surface area contributed by atoms with Crippen LogP contribution in [-0.4, -0.2) is 62.6 Å². The number of ether oxygens (including phenoxy) is 1. The van der Waals surface area contributed by atoms with Crippen LogP contribution in [0.15, 0.2) is 47.9 Å². The lowest BCUT2D eigenvalue weighted by Crippen LogP contribution is -2.56. The molecule has 0 spiro atoms. The number of halogens is 3. The average Bonchev–Trinajstić information content (AvgIpc) is 3.12. The van der Waals surface area contributed by atoms with Crippen LogP contribution in [0.1, 0.15) is 31.0 Å². The molecule has 1 atom stereocenters. The number of aromatic nitrogens is 4. The molecule has 9 nitrogen and oxygen atoms in total. The highest BCUT2D eigenvalue weighted by Gasteiger charge is 2.37. The molecular formula is C30H27ClF2N6O3. The third-order valence-electron chi connectivity index (χ3n) is 7.68. The Morgan fingerprint density at radius 2 is 2.00 bits per heavy atom. The fraction of sp³-hybridized carbons (Fsp3) is 0.300. The zero-order valence-corrected chi connectivity index (χ0v) is 24.0. The molecule has 0 unspecified atom stereocenters. The van der Waals surface area contributed by atoms with Crippen LogP contribution in [0.5, 0.6) is 5.75 Å². The average molecular weight is 593 g/mol. The summed E-state index contributed by atoms with van der Waals surface area (Å²) in [4.78, 5) is 43.8. The number of carbonyl (C=O) groups excluding carboxylic acids is 1. The van der Waals surface area contributed by atoms with E-state index in [0.29, 0.717) is 42.2 Å². The fourth-order valence-electron chi connectivity index (χ4n) is 5.66. The minimum absolute atomic E-state index is 0.00730. The number of benzene rings is 1. The van der Waals surface area contributed by atoms with Gasteiger partial charge in [0.25, 0.3) is 0 Å². The molecule has 0 aliphatic carbocycles. The van der Waals surface area contributed by atoms with E-state index in [1.54, 1.807) is 17.2 Å². The van der Waals surface area contributed by atoms with Crippen molar-refractivity contribution in [3.05, 3.63) is 81.5 Å². The van der Waals surface area contributed by atoms with E-state index in [4.69, 9.17) is 21.3 Å². The maximum Gasteiger partial charge on any atom is 0.355 e. The summed E-state index contributed by atoms with van der Waals surface area (Å²) in [6.45, 7) is 10.5. The summed E-state index contributed by atoms with van der Waals surface area (Å²) in [6, 6.07) is 4.52. The van der Waals surface area contributed by atoms with E-state index < -0.39 is 17.3 Å². The van der Waals surface area contributed by atoms with Gasteiger partial charge in [0, 0.05) is 37.5 Å². The number of aryl methyl sites for hydroxylation is 1. The van der Waals surface area contributed by atoms with Gasteiger partial charge in [0.15, 0.2) is 11.4 Å². The lowest BCUT2D eigenvalue weighted by molar-refractivity contribution is -0.126. The number of pyridine rings is 2. The van der Waals surface area contributed by atoms with Crippen LogP contribution >= 0.6 is 11.6 Å². The molecule has 2 aliphatic rings. The molecule has 4 aromatic rings. The molecule has 0 saturated carbocycles. The van der Waals surface area contributed by atoms with Crippen LogP contribution in [-0.2, 0) is 4.79 Å². The molecule has 0 N–H and O–H groups in total. The Balaban J connectivity index is 1.70. The number of piperazine rings is 1. The second kappa shape index (κ2) is 10.5. The van der Waals surface area contributed by atoms with Gasteiger partial charge in [0.1, 0.15) is 34.5 Å². The van der Waals surface area contributed by atoms with E-state index in [-0.39, 0.29) is 52.2 Å². The van der Waals surface area contributed by atoms with Crippen LogP contribution in [0.3, 0.4) is 0 Å². The number of hydrogen-bond donors (Lipinski definition) is 0. The molecule has 1 fully saturated rings. The van der Waals surface area contributed by atoms with Crippen LogP contribution in [0.25, 0.3) is 28.0 Å². The lowest BCUT2D eigenvalue weighted by atomic mass is 10.0. The molecule has 12 heteroatoms. The maximum absolute atomic E-state index is 15.1. The first-order valence-corrected chi connectivity index (χ1v) is 13.9. The Hall–Kier alpha value is -4.38. The van der Waals surface area contributed by atoms with Crippen molar-refractivity contribution < 1.29 is 18.3 Å². The molecule has 1 aromatic carbocycles. The molecule has 216 valence electrons. The predicted octanol–water partition coefficient (Wildman–Crippen LogP) is 4.80. The molecule has 1 saturated heterocycles. The Morgan fingerprint density at radius 1 is 1.21 bits per heavy atom. The summed E-state index contributed by atoms with van der Waals surface area (Å²) in [5.74, 6) is -1.43. The van der Waals surface area contributed by atoms with Crippen LogP contribution in [0.4, 0.5) is 14.6 Å². The van der Waals surface area contributed by atoms with Gasteiger partial charge in [-0.1, -0.05) is 32.0 Å². The number of anilines is 1. The second-order valence-corrected chi connectivity index (χ2v) is 11.0. The second-order valence-electron chi connectivity index (χ2n) is 10.6. The number of fused-ring (bicyclic) bond motifs is 2. The van der Waals surface area contributed by atoms with E-state index >= 15 is 4.39 Å². The van der Waals surface area contributed by atoms with Gasteiger partial charge >= 0.3 is 5.69 Å². The van der Waals surface area contributed by atoms with E-state index in [2.05, 4.69) is 16.5 Å². The van der Waals surface area contributed by atoms with Gasteiger partial charge in [-0.3, -0.25) is 9.78 Å². The van der Waals surface area contributed by atoms with Crippen LogP contribution < -0.4 is 15.3 Å². The highest BCUT2D eigenvalue weighted by molar-refractivity contribution is 6.36. The monoisotopic (exact) mass is 592 g/mol. The molecule has 5 heterocycles. The van der Waals surface area contributed by atoms with Gasteiger partial charge < -0.3 is 14.5 Å². The zero-order valence-electron chi connectivity index (χ0n) is 23.2. The van der Waals surface area contributed by atoms with Gasteiger partial charge in [-0.2, -0.15) is 4.98 Å². The van der Waals surface area contributed by atoms with Crippen molar-refractivity contribution in [2.24, 2.45) is 0 Å². The molecule has 2 aliphatic heterocycles. The standard InChI is InChI=1S/C30H27ClF2N6O3/c1-5-21(40)37-10-11-38-18(13-37)14-42-27-22-28(38)36-30(41)39(26-16(4)8-9-34-24(26)15(2)3)29(22)35-25(23(27)31)19-7-6-17(32)12-20(19)33/h5-9,12,15,18H,1,10-11,13-14H2,2-4H3/t18-/m1/s1. The normalized spacial score (nSPS) is 16.3. The van der Waals surface area contributed by atoms with Crippen molar-refractivity contribution in [1.29, 1.82) is 0 Å². The lowest BCUT2D eigenvalue weighted by Gasteiger charge is -2.40. The number of hydrogen-bond acceptors (Lipinski definition) is 7. The topological polar surface area (TPSA) is 93.5 Å². The first-order valence-electron chi connectivity index (χ1n) is 13.5. The highest BCUT2D eigenvalue weighted by atomic mass is 35.5. The first-order chi connectivity index (χ1) is 20.1. The molecular weight excluding hydrogens is 566 g/mol. The van der Waals surface area contributed by atoms with Crippen molar-refractivity contribution in [3.8, 4) is 22.7 Å². The minimum atomic E-state index is -0.871. The summed E-state index contributed by atoms with van der Waals surface area (Å²) in [7, 11) is 0. The van der Waals surface area contributed by atoms with Crippen molar-refractivity contribution in [3.63, 3.8) is 0 Å². The van der Waals surface area contributed by atoms with Crippen LogP contribution in [0.2, 0.25) is 5.02 Å². The van der Waals surface area contributed by atoms with Crippen molar-refractivity contribution in [1.82, 2.24) is 24.4 Å². The third kappa shape index (κ3) is 4.39. The summed E-state index contributed by atoms with van der Waals surface area (Å²) in [5, 5.41) is 0.363. The van der Waals surface area contributed by atoms with Crippen LogP contribution in [0, 0.1) is 18.6 Å². The van der Waals surface area contributed by atoms with E-state index in [9.17, 15) is 14.0 Å².